The summed E-state index contributed by atoms with van der Waals surface area (Å²) in [6.45, 7) is 5.73. The lowest BCUT2D eigenvalue weighted by atomic mass is 9.78. The molecule has 0 radical (unpaired) electrons. The van der Waals surface area contributed by atoms with Crippen LogP contribution < -0.4 is 5.32 Å². The Kier molecular flexibility index (Phi) is 5.58. The van der Waals surface area contributed by atoms with Gasteiger partial charge in [-0.1, -0.05) is 26.7 Å². The van der Waals surface area contributed by atoms with Gasteiger partial charge in [0.05, 0.1) is 6.07 Å². The third kappa shape index (κ3) is 4.12. The topological polar surface area (TPSA) is 112 Å². The number of esters is 1. The van der Waals surface area contributed by atoms with Gasteiger partial charge in [-0.15, -0.1) is 0 Å². The number of hydrogen-bond acceptors (Lipinski definition) is 6. The number of carbonyl (C=O) groups excluding carboxylic acids is 2. The highest BCUT2D eigenvalue weighted by Crippen LogP contribution is 2.29. The second-order valence-corrected chi connectivity index (χ2v) is 6.32. The van der Waals surface area contributed by atoms with E-state index in [0.717, 1.165) is 31.4 Å². The van der Waals surface area contributed by atoms with E-state index in [1.54, 1.807) is 0 Å². The number of furan rings is 1. The van der Waals surface area contributed by atoms with Crippen LogP contribution in [0.4, 0.5) is 5.88 Å². The Balaban J connectivity index is 1.90. The molecule has 24 heavy (non-hydrogen) atoms. The van der Waals surface area contributed by atoms with E-state index in [9.17, 15) is 19.7 Å². The number of nitrogens with zero attached hydrogens (tertiary/aromatic N) is 1. The molecule has 0 aliphatic heterocycles. The molecular formula is C16H22N2O6. The maximum absolute atomic E-state index is 12.2. The number of carbonyl (C=O) groups is 2. The lowest BCUT2D eigenvalue weighted by molar-refractivity contribution is -0.402. The minimum Gasteiger partial charge on any atom is -0.447 e. The second-order valence-electron chi connectivity index (χ2n) is 6.32. The summed E-state index contributed by atoms with van der Waals surface area (Å²) in [5.41, 5.74) is 0. The summed E-state index contributed by atoms with van der Waals surface area (Å²) >= 11 is 0. The van der Waals surface area contributed by atoms with E-state index in [0.29, 0.717) is 11.8 Å². The molecule has 0 unspecified atom stereocenters. The van der Waals surface area contributed by atoms with Gasteiger partial charge in [-0.3, -0.25) is 14.9 Å². The van der Waals surface area contributed by atoms with Crippen LogP contribution in [-0.2, 0) is 9.53 Å². The first-order chi connectivity index (χ1) is 11.3. The van der Waals surface area contributed by atoms with Gasteiger partial charge >= 0.3 is 11.9 Å². The number of nitro groups is 1. The van der Waals surface area contributed by atoms with Gasteiger partial charge in [-0.25, -0.2) is 4.79 Å². The average molecular weight is 338 g/mol. The largest absolute Gasteiger partial charge is 0.447 e. The molecule has 1 aliphatic rings. The van der Waals surface area contributed by atoms with Crippen molar-refractivity contribution in [3.8, 4) is 0 Å². The van der Waals surface area contributed by atoms with Gasteiger partial charge in [0.2, 0.25) is 5.76 Å². The van der Waals surface area contributed by atoms with Gasteiger partial charge < -0.3 is 14.5 Å². The lowest BCUT2D eigenvalue weighted by Gasteiger charge is -2.35. The summed E-state index contributed by atoms with van der Waals surface area (Å²) < 4.78 is 9.79. The molecular weight excluding hydrogens is 316 g/mol. The summed E-state index contributed by atoms with van der Waals surface area (Å²) in [5.74, 6) is -1.25. The summed E-state index contributed by atoms with van der Waals surface area (Å²) in [6, 6.07) is 2.27. The van der Waals surface area contributed by atoms with Crippen LogP contribution in [0.5, 0.6) is 0 Å². The maximum atomic E-state index is 12.2. The summed E-state index contributed by atoms with van der Waals surface area (Å²) in [5, 5.41) is 13.5. The second kappa shape index (κ2) is 7.46. The fourth-order valence-electron chi connectivity index (χ4n) is 2.89. The molecule has 132 valence electrons. The Hall–Kier alpha value is -2.38. The number of hydrogen-bond donors (Lipinski definition) is 1. The predicted molar refractivity (Wildman–Crippen MR) is 84.3 cm³/mol. The van der Waals surface area contributed by atoms with E-state index < -0.39 is 22.9 Å². The monoisotopic (exact) mass is 338 g/mol. The molecule has 2 rings (SSSR count). The molecule has 0 saturated heterocycles. The zero-order chi connectivity index (χ0) is 17.9. The molecule has 1 N–H and O–H groups in total. The first-order valence-electron chi connectivity index (χ1n) is 8.05. The Bertz CT molecular complexity index is 626. The van der Waals surface area contributed by atoms with E-state index in [-0.39, 0.29) is 17.7 Å². The molecule has 1 aliphatic carbocycles. The first kappa shape index (κ1) is 18.0. The zero-order valence-corrected chi connectivity index (χ0v) is 14.0. The fraction of sp³-hybridized carbons (Fsp3) is 0.625. The van der Waals surface area contributed by atoms with Gasteiger partial charge in [0.25, 0.3) is 5.91 Å². The van der Waals surface area contributed by atoms with Gasteiger partial charge in [0.15, 0.2) is 6.10 Å². The summed E-state index contributed by atoms with van der Waals surface area (Å²) in [7, 11) is 0. The Morgan fingerprint density at radius 1 is 1.38 bits per heavy atom. The third-order valence-corrected chi connectivity index (χ3v) is 4.66. The lowest BCUT2D eigenvalue weighted by Crippen LogP contribution is -2.47. The molecule has 1 aromatic heterocycles. The number of ether oxygens (including phenoxy) is 1. The minimum absolute atomic E-state index is 0.0621. The number of rotatable bonds is 5. The summed E-state index contributed by atoms with van der Waals surface area (Å²) in [4.78, 5) is 33.9. The Morgan fingerprint density at radius 3 is 2.71 bits per heavy atom. The van der Waals surface area contributed by atoms with Crippen LogP contribution in [0.25, 0.3) is 0 Å². The van der Waals surface area contributed by atoms with Gasteiger partial charge in [-0.05, 0) is 31.2 Å². The predicted octanol–water partition coefficient (Wildman–Crippen LogP) is 2.67. The smallest absolute Gasteiger partial charge is 0.433 e. The van der Waals surface area contributed by atoms with Crippen LogP contribution >= 0.6 is 0 Å². The number of nitrogens with one attached hydrogen (secondary N) is 1. The van der Waals surface area contributed by atoms with Crippen molar-refractivity contribution in [1.29, 1.82) is 0 Å². The van der Waals surface area contributed by atoms with Crippen LogP contribution in [0.1, 0.15) is 50.6 Å². The highest BCUT2D eigenvalue weighted by atomic mass is 16.7. The fourth-order valence-corrected chi connectivity index (χ4v) is 2.89. The molecule has 0 spiro atoms. The quantitative estimate of drug-likeness (QED) is 0.502. The van der Waals surface area contributed by atoms with Crippen molar-refractivity contribution < 1.29 is 23.7 Å². The highest BCUT2D eigenvalue weighted by Gasteiger charge is 2.30. The van der Waals surface area contributed by atoms with E-state index >= 15 is 0 Å². The van der Waals surface area contributed by atoms with Crippen LogP contribution in [0.15, 0.2) is 16.5 Å². The minimum atomic E-state index is -1.01. The van der Waals surface area contributed by atoms with Crippen molar-refractivity contribution in [2.24, 2.45) is 11.8 Å². The SMILES string of the molecule is C[C@H]1[C@@H](NC(=O)[C@@H](C)OC(=O)c2ccc([N+](=O)[O-])o2)CCC[C@@H]1C. The van der Waals surface area contributed by atoms with Gasteiger partial charge in [0, 0.05) is 6.04 Å². The maximum Gasteiger partial charge on any atom is 0.433 e. The molecule has 0 bridgehead atoms. The van der Waals surface area contributed by atoms with Crippen molar-refractivity contribution in [1.82, 2.24) is 5.32 Å². The Morgan fingerprint density at radius 2 is 2.08 bits per heavy atom. The standard InChI is InChI=1S/C16H22N2O6/c1-9-5-4-6-12(10(9)2)17-15(19)11(3)23-16(20)13-7-8-14(24-13)18(21)22/h7-12H,4-6H2,1-3H3,(H,17,19)/t9-,10+,11+,12-/m0/s1. The number of amides is 1. The van der Waals surface area contributed by atoms with Crippen molar-refractivity contribution in [3.63, 3.8) is 0 Å². The van der Waals surface area contributed by atoms with Crippen molar-refractivity contribution in [3.05, 3.63) is 28.0 Å². The molecule has 1 aromatic rings. The van der Waals surface area contributed by atoms with Crippen LogP contribution in [0, 0.1) is 22.0 Å². The average Bonchev–Trinajstić information content (AvgIpc) is 3.02. The van der Waals surface area contributed by atoms with E-state index in [1.807, 2.05) is 0 Å². The van der Waals surface area contributed by atoms with Crippen molar-refractivity contribution in [2.75, 3.05) is 0 Å². The Labute approximate surface area is 139 Å². The van der Waals surface area contributed by atoms with E-state index in [1.165, 1.54) is 6.92 Å². The van der Waals surface area contributed by atoms with Gasteiger partial charge in [0.1, 0.15) is 4.92 Å². The molecule has 1 fully saturated rings. The highest BCUT2D eigenvalue weighted by molar-refractivity contribution is 5.90. The molecule has 0 aromatic carbocycles. The van der Waals surface area contributed by atoms with E-state index in [4.69, 9.17) is 9.15 Å². The van der Waals surface area contributed by atoms with Crippen molar-refractivity contribution >= 4 is 17.8 Å². The van der Waals surface area contributed by atoms with Gasteiger partial charge in [-0.2, -0.15) is 0 Å². The summed E-state index contributed by atoms with van der Waals surface area (Å²) in [6.07, 6.45) is 2.10. The molecule has 4 atom stereocenters. The zero-order valence-electron chi connectivity index (χ0n) is 14.0. The third-order valence-electron chi connectivity index (χ3n) is 4.66. The molecule has 8 nitrogen and oxygen atoms in total. The molecule has 1 heterocycles. The van der Waals surface area contributed by atoms with Crippen LogP contribution in [0.2, 0.25) is 0 Å². The van der Waals surface area contributed by atoms with Crippen molar-refractivity contribution in [2.45, 2.75) is 52.2 Å². The van der Waals surface area contributed by atoms with Crippen LogP contribution in [0.3, 0.4) is 0 Å². The molecule has 8 heteroatoms. The first-order valence-corrected chi connectivity index (χ1v) is 8.05. The molecule has 1 saturated carbocycles. The van der Waals surface area contributed by atoms with Crippen LogP contribution in [-0.4, -0.2) is 28.9 Å². The molecule has 1 amide bonds. The van der Waals surface area contributed by atoms with E-state index in [2.05, 4.69) is 19.2 Å². The normalized spacial score (nSPS) is 24.9.